The first-order valence-electron chi connectivity index (χ1n) is 6.19. The molecule has 1 aromatic carbocycles. The Morgan fingerprint density at radius 1 is 1.06 bits per heavy atom. The molecule has 1 heterocycles. The Morgan fingerprint density at radius 2 is 1.83 bits per heavy atom. The van der Waals surface area contributed by atoms with Crippen molar-refractivity contribution in [3.8, 4) is 5.75 Å². The number of benzene rings is 1. The minimum atomic E-state index is 0.247. The molecule has 3 heteroatoms. The normalized spacial score (nSPS) is 12.1. The molecule has 0 bridgehead atoms. The van der Waals surface area contributed by atoms with Gasteiger partial charge in [-0.25, -0.2) is 0 Å². The summed E-state index contributed by atoms with van der Waals surface area (Å²) in [6, 6.07) is 15.8. The molecule has 0 aliphatic rings. The highest BCUT2D eigenvalue weighted by Gasteiger charge is 2.12. The van der Waals surface area contributed by atoms with Crippen LogP contribution in [0.2, 0.25) is 0 Å². The molecule has 0 radical (unpaired) electrons. The fourth-order valence-corrected chi connectivity index (χ4v) is 1.85. The van der Waals surface area contributed by atoms with E-state index in [1.54, 1.807) is 6.20 Å². The topological polar surface area (TPSA) is 48.1 Å². The zero-order chi connectivity index (χ0) is 12.6. The third kappa shape index (κ3) is 3.57. The summed E-state index contributed by atoms with van der Waals surface area (Å²) in [5.74, 6) is 1.13. The lowest BCUT2D eigenvalue weighted by Gasteiger charge is -2.16. The number of hydrogen-bond acceptors (Lipinski definition) is 3. The van der Waals surface area contributed by atoms with Crippen molar-refractivity contribution in [3.05, 3.63) is 60.4 Å². The molecule has 2 N–H and O–H groups in total. The Kier molecular flexibility index (Phi) is 4.73. The molecule has 3 nitrogen and oxygen atoms in total. The van der Waals surface area contributed by atoms with E-state index in [-0.39, 0.29) is 5.92 Å². The van der Waals surface area contributed by atoms with Crippen LogP contribution in [0.1, 0.15) is 18.0 Å². The van der Waals surface area contributed by atoms with Crippen LogP contribution >= 0.6 is 0 Å². The molecule has 0 aliphatic carbocycles. The molecule has 0 amide bonds. The van der Waals surface area contributed by atoms with E-state index >= 15 is 0 Å². The maximum atomic E-state index is 5.78. The Bertz CT molecular complexity index is 445. The molecular weight excluding hydrogens is 224 g/mol. The van der Waals surface area contributed by atoms with Crippen molar-refractivity contribution in [3.63, 3.8) is 0 Å². The standard InChI is InChI=1S/C15H18N2O/c16-10-9-13(15-8-4-5-11-17-15)12-18-14-6-2-1-3-7-14/h1-8,11,13H,9-10,12,16H2. The molecule has 0 saturated heterocycles. The van der Waals surface area contributed by atoms with E-state index in [0.717, 1.165) is 17.9 Å². The molecule has 1 atom stereocenters. The first kappa shape index (κ1) is 12.6. The van der Waals surface area contributed by atoms with Crippen LogP contribution in [0.25, 0.3) is 0 Å². The number of aromatic nitrogens is 1. The zero-order valence-corrected chi connectivity index (χ0v) is 10.3. The Labute approximate surface area is 108 Å². The van der Waals surface area contributed by atoms with Crippen molar-refractivity contribution in [2.24, 2.45) is 5.73 Å². The van der Waals surface area contributed by atoms with E-state index in [0.29, 0.717) is 13.2 Å². The van der Waals surface area contributed by atoms with Crippen molar-refractivity contribution in [2.45, 2.75) is 12.3 Å². The van der Waals surface area contributed by atoms with Crippen LogP contribution < -0.4 is 10.5 Å². The summed E-state index contributed by atoms with van der Waals surface area (Å²) in [5.41, 5.74) is 6.69. The molecule has 0 fully saturated rings. The summed E-state index contributed by atoms with van der Waals surface area (Å²) in [4.78, 5) is 4.37. The maximum absolute atomic E-state index is 5.78. The molecule has 0 aliphatic heterocycles. The van der Waals surface area contributed by atoms with Gasteiger partial charge in [-0.05, 0) is 37.2 Å². The average Bonchev–Trinajstić information content (AvgIpc) is 2.45. The van der Waals surface area contributed by atoms with Crippen LogP contribution in [0.5, 0.6) is 5.75 Å². The highest BCUT2D eigenvalue weighted by molar-refractivity contribution is 5.21. The first-order valence-corrected chi connectivity index (χ1v) is 6.19. The summed E-state index contributed by atoms with van der Waals surface area (Å²) in [6.45, 7) is 1.25. The van der Waals surface area contributed by atoms with Gasteiger partial charge in [0.2, 0.25) is 0 Å². The second-order valence-corrected chi connectivity index (χ2v) is 4.15. The van der Waals surface area contributed by atoms with Gasteiger partial charge in [0.25, 0.3) is 0 Å². The molecule has 1 aromatic heterocycles. The number of nitrogens with two attached hydrogens (primary N) is 1. The maximum Gasteiger partial charge on any atom is 0.119 e. The number of para-hydroxylation sites is 1. The monoisotopic (exact) mass is 242 g/mol. The van der Waals surface area contributed by atoms with Crippen LogP contribution in [0.4, 0.5) is 0 Å². The number of ether oxygens (including phenoxy) is 1. The van der Waals surface area contributed by atoms with Gasteiger partial charge >= 0.3 is 0 Å². The van der Waals surface area contributed by atoms with Gasteiger partial charge in [-0.3, -0.25) is 4.98 Å². The molecule has 2 aromatic rings. The van der Waals surface area contributed by atoms with Gasteiger partial charge in [-0.1, -0.05) is 24.3 Å². The highest BCUT2D eigenvalue weighted by atomic mass is 16.5. The van der Waals surface area contributed by atoms with Crippen LogP contribution in [0, 0.1) is 0 Å². The van der Waals surface area contributed by atoms with E-state index in [1.807, 2.05) is 48.5 Å². The summed E-state index contributed by atoms with van der Waals surface area (Å²) < 4.78 is 5.78. The van der Waals surface area contributed by atoms with Crippen LogP contribution in [0.3, 0.4) is 0 Å². The predicted molar refractivity (Wildman–Crippen MR) is 72.6 cm³/mol. The van der Waals surface area contributed by atoms with Crippen molar-refractivity contribution in [2.75, 3.05) is 13.2 Å². The molecule has 0 saturated carbocycles. The minimum Gasteiger partial charge on any atom is -0.493 e. The SMILES string of the molecule is NCCC(COc1ccccc1)c1ccccn1. The van der Waals surface area contributed by atoms with Gasteiger partial charge < -0.3 is 10.5 Å². The second-order valence-electron chi connectivity index (χ2n) is 4.15. The Hall–Kier alpha value is -1.87. The zero-order valence-electron chi connectivity index (χ0n) is 10.3. The third-order valence-electron chi connectivity index (χ3n) is 2.82. The van der Waals surface area contributed by atoms with Gasteiger partial charge in [-0.15, -0.1) is 0 Å². The van der Waals surface area contributed by atoms with Crippen LogP contribution in [-0.4, -0.2) is 18.1 Å². The van der Waals surface area contributed by atoms with Crippen molar-refractivity contribution < 1.29 is 4.74 Å². The lowest BCUT2D eigenvalue weighted by atomic mass is 10.0. The van der Waals surface area contributed by atoms with Crippen LogP contribution in [-0.2, 0) is 0 Å². The third-order valence-corrected chi connectivity index (χ3v) is 2.82. The second kappa shape index (κ2) is 6.77. The fourth-order valence-electron chi connectivity index (χ4n) is 1.85. The Morgan fingerprint density at radius 3 is 2.50 bits per heavy atom. The molecule has 2 rings (SSSR count). The molecule has 94 valence electrons. The quantitative estimate of drug-likeness (QED) is 0.847. The van der Waals surface area contributed by atoms with Gasteiger partial charge in [0.05, 0.1) is 6.61 Å². The number of rotatable bonds is 6. The lowest BCUT2D eigenvalue weighted by Crippen LogP contribution is -2.16. The summed E-state index contributed by atoms with van der Waals surface area (Å²) >= 11 is 0. The van der Waals surface area contributed by atoms with Crippen LogP contribution in [0.15, 0.2) is 54.7 Å². The van der Waals surface area contributed by atoms with E-state index in [2.05, 4.69) is 4.98 Å². The molecule has 1 unspecified atom stereocenters. The summed E-state index contributed by atoms with van der Waals surface area (Å²) in [7, 11) is 0. The van der Waals surface area contributed by atoms with E-state index < -0.39 is 0 Å². The molecular formula is C15H18N2O. The van der Waals surface area contributed by atoms with Crippen molar-refractivity contribution in [1.82, 2.24) is 4.98 Å². The first-order chi connectivity index (χ1) is 8.90. The van der Waals surface area contributed by atoms with Gasteiger partial charge in [0.1, 0.15) is 5.75 Å². The smallest absolute Gasteiger partial charge is 0.119 e. The van der Waals surface area contributed by atoms with E-state index in [1.165, 1.54) is 0 Å². The molecule has 18 heavy (non-hydrogen) atoms. The van der Waals surface area contributed by atoms with Crippen molar-refractivity contribution >= 4 is 0 Å². The number of pyridine rings is 1. The Balaban J connectivity index is 1.99. The predicted octanol–water partition coefficient (Wildman–Crippen LogP) is 2.59. The lowest BCUT2D eigenvalue weighted by molar-refractivity contribution is 0.280. The fraction of sp³-hybridized carbons (Fsp3) is 0.267. The van der Waals surface area contributed by atoms with Crippen molar-refractivity contribution in [1.29, 1.82) is 0 Å². The minimum absolute atomic E-state index is 0.247. The van der Waals surface area contributed by atoms with Gasteiger partial charge in [-0.2, -0.15) is 0 Å². The number of hydrogen-bond donors (Lipinski definition) is 1. The number of nitrogens with zero attached hydrogens (tertiary/aromatic N) is 1. The van der Waals surface area contributed by atoms with Gasteiger partial charge in [0, 0.05) is 17.8 Å². The summed E-state index contributed by atoms with van der Waals surface area (Å²) in [6.07, 6.45) is 2.69. The van der Waals surface area contributed by atoms with E-state index in [9.17, 15) is 0 Å². The highest BCUT2D eigenvalue weighted by Crippen LogP contribution is 2.19. The van der Waals surface area contributed by atoms with Gasteiger partial charge in [0.15, 0.2) is 0 Å². The van der Waals surface area contributed by atoms with E-state index in [4.69, 9.17) is 10.5 Å². The molecule has 0 spiro atoms. The largest absolute Gasteiger partial charge is 0.493 e. The summed E-state index contributed by atoms with van der Waals surface area (Å²) in [5, 5.41) is 0. The average molecular weight is 242 g/mol.